The lowest BCUT2D eigenvalue weighted by Gasteiger charge is -2.54. The van der Waals surface area contributed by atoms with E-state index in [2.05, 4.69) is 34.6 Å². The van der Waals surface area contributed by atoms with E-state index in [4.69, 9.17) is 4.74 Å². The Morgan fingerprint density at radius 1 is 0.912 bits per heavy atom. The van der Waals surface area contributed by atoms with Crippen molar-refractivity contribution in [3.05, 3.63) is 11.1 Å². The third-order valence-corrected chi connectivity index (χ3v) is 11.0. The second kappa shape index (κ2) is 8.39. The van der Waals surface area contributed by atoms with Crippen molar-refractivity contribution in [2.45, 2.75) is 125 Å². The molecule has 0 spiro atoms. The molecule has 3 aliphatic carbocycles. The van der Waals surface area contributed by atoms with Crippen molar-refractivity contribution in [3.8, 4) is 0 Å². The normalized spacial score (nSPS) is 42.2. The average molecular weight is 471 g/mol. The molecule has 0 aromatic carbocycles. The summed E-state index contributed by atoms with van der Waals surface area (Å²) in [6.45, 7) is 17.0. The van der Waals surface area contributed by atoms with Gasteiger partial charge in [0.15, 0.2) is 11.6 Å². The summed E-state index contributed by atoms with van der Waals surface area (Å²) < 4.78 is 6.52. The Morgan fingerprint density at radius 2 is 1.56 bits per heavy atom. The van der Waals surface area contributed by atoms with E-state index in [9.17, 15) is 14.4 Å². The summed E-state index contributed by atoms with van der Waals surface area (Å²) in [6.07, 6.45) is 7.58. The van der Waals surface area contributed by atoms with Gasteiger partial charge in [0.05, 0.1) is 6.10 Å². The topological polar surface area (TPSA) is 60.4 Å². The Bertz CT molecular complexity index is 924. The second-order valence-corrected chi connectivity index (χ2v) is 13.6. The van der Waals surface area contributed by atoms with E-state index in [0.717, 1.165) is 44.1 Å². The maximum absolute atomic E-state index is 13.1. The molecule has 4 aliphatic rings. The molecule has 4 heteroatoms. The Labute approximate surface area is 206 Å². The van der Waals surface area contributed by atoms with E-state index < -0.39 is 11.0 Å². The van der Waals surface area contributed by atoms with E-state index in [-0.39, 0.29) is 34.4 Å². The first-order valence-electron chi connectivity index (χ1n) is 13.6. The highest BCUT2D eigenvalue weighted by atomic mass is 16.5. The number of ether oxygens (including phenoxy) is 1. The Balaban J connectivity index is 1.63. The predicted octanol–water partition coefficient (Wildman–Crippen LogP) is 6.65. The van der Waals surface area contributed by atoms with E-state index in [1.54, 1.807) is 0 Å². The number of hydrogen-bond acceptors (Lipinski definition) is 4. The van der Waals surface area contributed by atoms with Crippen LogP contribution in [0.2, 0.25) is 0 Å². The predicted molar refractivity (Wildman–Crippen MR) is 134 cm³/mol. The molecule has 0 amide bonds. The van der Waals surface area contributed by atoms with Gasteiger partial charge in [-0.25, -0.2) is 0 Å². The third kappa shape index (κ3) is 3.87. The van der Waals surface area contributed by atoms with Crippen LogP contribution in [-0.2, 0) is 19.1 Å². The SMILES string of the molecule is CC1=C(CCC2C(C)CCC3OC(C)(C)C(=O)CCC32C)C2(C)CCC(=O)C(C)(C)C2CC1=O. The van der Waals surface area contributed by atoms with Gasteiger partial charge in [-0.3, -0.25) is 14.4 Å². The first-order valence-corrected chi connectivity index (χ1v) is 13.6. The van der Waals surface area contributed by atoms with Crippen molar-refractivity contribution in [1.29, 1.82) is 0 Å². The van der Waals surface area contributed by atoms with Crippen LogP contribution < -0.4 is 0 Å². The molecule has 1 heterocycles. The number of Topliss-reactive ketones (excluding diaryl/α,β-unsaturated/α-hetero) is 3. The standard InChI is InChI=1S/C30H46O4/c1-18-9-12-26-30(8,16-14-25(33)28(5,6)34-26)20(18)10-11-21-19(2)22(31)17-23-27(3,4)24(32)13-15-29(21,23)7/h18,20,23,26H,9-17H2,1-8H3. The second-order valence-electron chi connectivity index (χ2n) is 13.6. The maximum Gasteiger partial charge on any atom is 0.164 e. The number of carbonyl (C=O) groups excluding carboxylic acids is 3. The van der Waals surface area contributed by atoms with Gasteiger partial charge in [-0.1, -0.05) is 40.2 Å². The molecule has 2 saturated carbocycles. The minimum absolute atomic E-state index is 0.0314. The Morgan fingerprint density at radius 3 is 2.24 bits per heavy atom. The minimum Gasteiger partial charge on any atom is -0.364 e. The molecule has 190 valence electrons. The summed E-state index contributed by atoms with van der Waals surface area (Å²) in [5, 5.41) is 0. The van der Waals surface area contributed by atoms with E-state index in [0.29, 0.717) is 36.9 Å². The molecule has 4 rings (SSSR count). The molecule has 1 saturated heterocycles. The highest BCUT2D eigenvalue weighted by molar-refractivity contribution is 5.98. The number of allylic oxidation sites excluding steroid dienone is 2. The van der Waals surface area contributed by atoms with Gasteiger partial charge in [0.2, 0.25) is 0 Å². The fraction of sp³-hybridized carbons (Fsp3) is 0.833. The van der Waals surface area contributed by atoms with Crippen molar-refractivity contribution < 1.29 is 19.1 Å². The van der Waals surface area contributed by atoms with Crippen molar-refractivity contribution in [3.63, 3.8) is 0 Å². The fourth-order valence-corrected chi connectivity index (χ4v) is 8.50. The Hall–Kier alpha value is -1.29. The van der Waals surface area contributed by atoms with Crippen molar-refractivity contribution in [1.82, 2.24) is 0 Å². The van der Waals surface area contributed by atoms with Crippen LogP contribution in [0.15, 0.2) is 11.1 Å². The van der Waals surface area contributed by atoms with E-state index in [1.807, 2.05) is 20.8 Å². The molecule has 3 fully saturated rings. The van der Waals surface area contributed by atoms with Crippen molar-refractivity contribution >= 4 is 17.3 Å². The zero-order chi connectivity index (χ0) is 25.3. The van der Waals surface area contributed by atoms with Gasteiger partial charge >= 0.3 is 0 Å². The van der Waals surface area contributed by atoms with Crippen LogP contribution in [0.3, 0.4) is 0 Å². The number of fused-ring (bicyclic) bond motifs is 2. The van der Waals surface area contributed by atoms with E-state index >= 15 is 0 Å². The number of rotatable bonds is 3. The van der Waals surface area contributed by atoms with Crippen molar-refractivity contribution in [2.75, 3.05) is 0 Å². The summed E-state index contributed by atoms with van der Waals surface area (Å²) in [7, 11) is 0. The first-order chi connectivity index (χ1) is 15.6. The monoisotopic (exact) mass is 470 g/mol. The van der Waals surface area contributed by atoms with Crippen LogP contribution in [0.5, 0.6) is 0 Å². The lowest BCUT2D eigenvalue weighted by atomic mass is 9.49. The molecule has 4 nitrogen and oxygen atoms in total. The molecular weight excluding hydrogens is 424 g/mol. The minimum atomic E-state index is -0.705. The van der Waals surface area contributed by atoms with Gasteiger partial charge in [-0.05, 0) is 93.5 Å². The molecule has 6 atom stereocenters. The van der Waals surface area contributed by atoms with Gasteiger partial charge in [-0.15, -0.1) is 0 Å². The molecule has 1 aliphatic heterocycles. The van der Waals surface area contributed by atoms with Crippen LogP contribution in [0.25, 0.3) is 0 Å². The summed E-state index contributed by atoms with van der Waals surface area (Å²) in [5.41, 5.74) is 0.969. The molecule has 0 N–H and O–H groups in total. The smallest absolute Gasteiger partial charge is 0.164 e. The maximum atomic E-state index is 13.1. The van der Waals surface area contributed by atoms with E-state index in [1.165, 1.54) is 5.57 Å². The van der Waals surface area contributed by atoms with Gasteiger partial charge in [-0.2, -0.15) is 0 Å². The van der Waals surface area contributed by atoms with Crippen LogP contribution in [-0.4, -0.2) is 29.1 Å². The van der Waals surface area contributed by atoms with Crippen LogP contribution in [0, 0.1) is 34.0 Å². The summed E-state index contributed by atoms with van der Waals surface area (Å²) in [4.78, 5) is 38.7. The molecule has 6 unspecified atom stereocenters. The highest BCUT2D eigenvalue weighted by Gasteiger charge is 2.56. The van der Waals surface area contributed by atoms with Gasteiger partial charge in [0.25, 0.3) is 0 Å². The molecular formula is C30H46O4. The highest BCUT2D eigenvalue weighted by Crippen LogP contribution is 2.60. The zero-order valence-corrected chi connectivity index (χ0v) is 22.8. The summed E-state index contributed by atoms with van der Waals surface area (Å²) in [5.74, 6) is 1.85. The lowest BCUT2D eigenvalue weighted by Crippen LogP contribution is -2.52. The fourth-order valence-electron chi connectivity index (χ4n) is 8.50. The summed E-state index contributed by atoms with van der Waals surface area (Å²) >= 11 is 0. The van der Waals surface area contributed by atoms with Gasteiger partial charge < -0.3 is 4.74 Å². The molecule has 0 aromatic heterocycles. The van der Waals surface area contributed by atoms with Crippen LogP contribution in [0.4, 0.5) is 0 Å². The molecule has 0 radical (unpaired) electrons. The average Bonchev–Trinajstić information content (AvgIpc) is 2.84. The number of hydrogen-bond donors (Lipinski definition) is 0. The zero-order valence-electron chi connectivity index (χ0n) is 22.8. The first kappa shape index (κ1) is 25.8. The molecule has 0 aromatic rings. The van der Waals surface area contributed by atoms with Crippen molar-refractivity contribution in [2.24, 2.45) is 34.0 Å². The van der Waals surface area contributed by atoms with Crippen LogP contribution in [0.1, 0.15) is 113 Å². The summed E-state index contributed by atoms with van der Waals surface area (Å²) in [6, 6.07) is 0. The largest absolute Gasteiger partial charge is 0.364 e. The van der Waals surface area contributed by atoms with Crippen LogP contribution >= 0.6 is 0 Å². The number of carbonyl (C=O) groups is 3. The lowest BCUT2D eigenvalue weighted by molar-refractivity contribution is -0.166. The van der Waals surface area contributed by atoms with Gasteiger partial charge in [0.1, 0.15) is 11.4 Å². The third-order valence-electron chi connectivity index (χ3n) is 11.0. The Kier molecular flexibility index (Phi) is 6.36. The molecule has 34 heavy (non-hydrogen) atoms. The molecule has 0 bridgehead atoms. The van der Waals surface area contributed by atoms with Gasteiger partial charge in [0, 0.05) is 24.7 Å². The number of ketones is 3. The quantitative estimate of drug-likeness (QED) is 0.463.